The van der Waals surface area contributed by atoms with Crippen LogP contribution in [-0.2, 0) is 0 Å². The van der Waals surface area contributed by atoms with Crippen molar-refractivity contribution in [2.45, 2.75) is 6.92 Å². The Morgan fingerprint density at radius 3 is 2.71 bits per heavy atom. The number of nitrogens with zero attached hydrogens (tertiary/aromatic N) is 2. The normalized spacial score (nSPS) is 10.9. The molecule has 0 spiro atoms. The summed E-state index contributed by atoms with van der Waals surface area (Å²) in [6, 6.07) is 6.78. The lowest BCUT2D eigenvalue weighted by molar-refractivity contribution is 0.100. The van der Waals surface area contributed by atoms with Gasteiger partial charge >= 0.3 is 0 Å². The van der Waals surface area contributed by atoms with Crippen molar-refractivity contribution in [1.82, 2.24) is 5.43 Å². The minimum absolute atomic E-state index is 0.442. The molecule has 0 heterocycles. The van der Waals surface area contributed by atoms with Gasteiger partial charge in [0.1, 0.15) is 6.34 Å². The van der Waals surface area contributed by atoms with Crippen LogP contribution in [0.5, 0.6) is 0 Å². The lowest BCUT2D eigenvalue weighted by Gasteiger charge is -2.00. The lowest BCUT2D eigenvalue weighted by Crippen LogP contribution is -2.10. The highest BCUT2D eigenvalue weighted by molar-refractivity contribution is 5.93. The number of nitrogens with two attached hydrogens (primary N) is 1. The molecule has 90 valence electrons. The average molecular weight is 233 g/mol. The molecular weight excluding hydrogens is 218 g/mol. The second-order valence-electron chi connectivity index (χ2n) is 3.12. The molecule has 17 heavy (non-hydrogen) atoms. The predicted molar refractivity (Wildman–Crippen MR) is 69.2 cm³/mol. The minimum Gasteiger partial charge on any atom is -0.366 e. The summed E-state index contributed by atoms with van der Waals surface area (Å²) in [5.41, 5.74) is 9.15. The van der Waals surface area contributed by atoms with Crippen LogP contribution in [0.3, 0.4) is 0 Å². The van der Waals surface area contributed by atoms with Crippen molar-refractivity contribution in [2.75, 3.05) is 11.9 Å². The number of hydrazone groups is 1. The van der Waals surface area contributed by atoms with Gasteiger partial charge in [0.25, 0.3) is 0 Å². The Morgan fingerprint density at radius 1 is 1.41 bits per heavy atom. The van der Waals surface area contributed by atoms with Crippen LogP contribution in [-0.4, -0.2) is 25.1 Å². The average Bonchev–Trinajstić information content (AvgIpc) is 2.34. The largest absolute Gasteiger partial charge is 0.366 e. The van der Waals surface area contributed by atoms with Gasteiger partial charge in [-0.25, -0.2) is 4.99 Å². The highest BCUT2D eigenvalue weighted by atomic mass is 16.1. The van der Waals surface area contributed by atoms with Crippen LogP contribution >= 0.6 is 0 Å². The number of rotatable bonds is 6. The summed E-state index contributed by atoms with van der Waals surface area (Å²) in [5.74, 6) is -0.442. The number of hydrogen-bond donors (Lipinski definition) is 3. The number of benzene rings is 1. The monoisotopic (exact) mass is 233 g/mol. The second-order valence-corrected chi connectivity index (χ2v) is 3.12. The maximum atomic E-state index is 10.8. The molecule has 0 unspecified atom stereocenters. The maximum absolute atomic E-state index is 10.8. The second kappa shape index (κ2) is 7.00. The van der Waals surface area contributed by atoms with E-state index in [9.17, 15) is 4.79 Å². The summed E-state index contributed by atoms with van der Waals surface area (Å²) in [6.45, 7) is 2.70. The number of anilines is 1. The zero-order chi connectivity index (χ0) is 12.5. The molecule has 0 atom stereocenters. The molecule has 6 heteroatoms. The van der Waals surface area contributed by atoms with Crippen LogP contribution in [0.15, 0.2) is 34.4 Å². The van der Waals surface area contributed by atoms with Crippen LogP contribution < -0.4 is 16.5 Å². The van der Waals surface area contributed by atoms with Crippen LogP contribution in [0.2, 0.25) is 0 Å². The topological polar surface area (TPSA) is 91.9 Å². The fraction of sp³-hybridized carbons (Fsp3) is 0.182. The highest BCUT2D eigenvalue weighted by Gasteiger charge is 1.97. The first-order valence-corrected chi connectivity index (χ1v) is 5.16. The Bertz CT molecular complexity index is 410. The van der Waals surface area contributed by atoms with Crippen molar-refractivity contribution >= 4 is 24.3 Å². The summed E-state index contributed by atoms with van der Waals surface area (Å²) in [5, 5.41) is 6.71. The fourth-order valence-electron chi connectivity index (χ4n) is 1.04. The first-order chi connectivity index (χ1) is 8.24. The first-order valence-electron chi connectivity index (χ1n) is 5.16. The van der Waals surface area contributed by atoms with Crippen LogP contribution in [0.1, 0.15) is 17.3 Å². The lowest BCUT2D eigenvalue weighted by atomic mass is 10.2. The van der Waals surface area contributed by atoms with Gasteiger partial charge in [0, 0.05) is 17.8 Å². The Morgan fingerprint density at radius 2 is 2.12 bits per heavy atom. The van der Waals surface area contributed by atoms with Crippen LogP contribution in [0.25, 0.3) is 0 Å². The van der Waals surface area contributed by atoms with Gasteiger partial charge in [-0.15, -0.1) is 0 Å². The van der Waals surface area contributed by atoms with Gasteiger partial charge in [0.15, 0.2) is 0 Å². The zero-order valence-corrected chi connectivity index (χ0v) is 9.55. The smallest absolute Gasteiger partial charge is 0.248 e. The molecule has 0 aliphatic rings. The molecule has 0 radical (unpaired) electrons. The Kier molecular flexibility index (Phi) is 5.23. The molecule has 0 saturated heterocycles. The number of hydrogen-bond acceptors (Lipinski definition) is 3. The van der Waals surface area contributed by atoms with E-state index >= 15 is 0 Å². The number of aliphatic imine (C=N–C) groups is 1. The third-order valence-corrected chi connectivity index (χ3v) is 1.85. The van der Waals surface area contributed by atoms with Crippen LogP contribution in [0, 0.1) is 0 Å². The number of carbonyl (C=O) groups is 1. The van der Waals surface area contributed by atoms with E-state index in [0.29, 0.717) is 5.56 Å². The Hall–Kier alpha value is -2.37. The standard InChI is InChI=1S/C11H15N5O/c1-2-15-16-8-13-7-14-10-5-3-9(4-6-10)11(12)17/h3-8,15H,2H2,1H3,(H2,12,17)(H,13,14,16). The maximum Gasteiger partial charge on any atom is 0.248 e. The van der Waals surface area contributed by atoms with E-state index in [1.54, 1.807) is 24.3 Å². The predicted octanol–water partition coefficient (Wildman–Crippen LogP) is 0.778. The summed E-state index contributed by atoms with van der Waals surface area (Å²) < 4.78 is 0. The van der Waals surface area contributed by atoms with E-state index < -0.39 is 5.91 Å². The van der Waals surface area contributed by atoms with Gasteiger partial charge in [0.05, 0.1) is 6.34 Å². The van der Waals surface area contributed by atoms with Gasteiger partial charge in [0.2, 0.25) is 5.91 Å². The van der Waals surface area contributed by atoms with Crippen molar-refractivity contribution in [3.63, 3.8) is 0 Å². The number of nitrogens with one attached hydrogen (secondary N) is 2. The number of primary amides is 1. The van der Waals surface area contributed by atoms with E-state index in [4.69, 9.17) is 5.73 Å². The van der Waals surface area contributed by atoms with Gasteiger partial charge in [-0.05, 0) is 31.2 Å². The van der Waals surface area contributed by atoms with Gasteiger partial charge in [-0.1, -0.05) is 0 Å². The molecule has 1 rings (SSSR count). The molecule has 0 bridgehead atoms. The fourth-order valence-corrected chi connectivity index (χ4v) is 1.04. The highest BCUT2D eigenvalue weighted by Crippen LogP contribution is 2.07. The van der Waals surface area contributed by atoms with Crippen molar-refractivity contribution in [1.29, 1.82) is 0 Å². The van der Waals surface area contributed by atoms with Crippen molar-refractivity contribution < 1.29 is 4.79 Å². The van der Waals surface area contributed by atoms with Crippen molar-refractivity contribution in [2.24, 2.45) is 15.8 Å². The Balaban J connectivity index is 2.44. The SMILES string of the molecule is CCN/N=C\N=C/Nc1ccc(C(N)=O)cc1. The quantitative estimate of drug-likeness (QED) is 0.385. The molecule has 1 aromatic rings. The third kappa shape index (κ3) is 4.78. The van der Waals surface area contributed by atoms with Gasteiger partial charge < -0.3 is 16.5 Å². The molecule has 0 aliphatic carbocycles. The molecule has 1 amide bonds. The molecule has 0 saturated carbocycles. The molecule has 0 aromatic heterocycles. The van der Waals surface area contributed by atoms with Gasteiger partial charge in [-0.3, -0.25) is 4.79 Å². The molecule has 6 nitrogen and oxygen atoms in total. The molecule has 0 fully saturated rings. The third-order valence-electron chi connectivity index (χ3n) is 1.85. The van der Waals surface area contributed by atoms with E-state index in [2.05, 4.69) is 20.8 Å². The minimum atomic E-state index is -0.442. The van der Waals surface area contributed by atoms with E-state index in [1.807, 2.05) is 6.92 Å². The van der Waals surface area contributed by atoms with Crippen molar-refractivity contribution in [3.05, 3.63) is 29.8 Å². The summed E-state index contributed by atoms with van der Waals surface area (Å²) >= 11 is 0. The number of carbonyl (C=O) groups excluding carboxylic acids is 1. The molecule has 0 aliphatic heterocycles. The van der Waals surface area contributed by atoms with E-state index in [0.717, 1.165) is 12.2 Å². The van der Waals surface area contributed by atoms with Crippen LogP contribution in [0.4, 0.5) is 5.69 Å². The summed E-state index contributed by atoms with van der Waals surface area (Å²) in [4.78, 5) is 14.7. The van der Waals surface area contributed by atoms with Crippen molar-refractivity contribution in [3.8, 4) is 0 Å². The molecular formula is C11H15N5O. The van der Waals surface area contributed by atoms with E-state index in [-0.39, 0.29) is 0 Å². The summed E-state index contributed by atoms with van der Waals surface area (Å²) in [7, 11) is 0. The summed E-state index contributed by atoms with van der Waals surface area (Å²) in [6.07, 6.45) is 2.90. The molecule has 1 aromatic carbocycles. The Labute approximate surface area is 99.6 Å². The first kappa shape index (κ1) is 12.7. The molecule has 4 N–H and O–H groups in total. The van der Waals surface area contributed by atoms with Gasteiger partial charge in [-0.2, -0.15) is 5.10 Å². The van der Waals surface area contributed by atoms with E-state index in [1.165, 1.54) is 12.7 Å². The number of amides is 1. The zero-order valence-electron chi connectivity index (χ0n) is 9.55.